The molecule has 0 aliphatic carbocycles. The summed E-state index contributed by atoms with van der Waals surface area (Å²) in [5.41, 5.74) is 9.71. The number of benzene rings is 8. The normalized spacial score (nSPS) is 14.4. The first-order valence-corrected chi connectivity index (χ1v) is 23.2. The number of imidazole rings is 1. The van der Waals surface area contributed by atoms with Crippen molar-refractivity contribution in [1.29, 1.82) is 0 Å². The van der Waals surface area contributed by atoms with E-state index in [9.17, 15) is 2.74 Å². The summed E-state index contributed by atoms with van der Waals surface area (Å²) < 4.78 is 81.8. The van der Waals surface area contributed by atoms with E-state index in [4.69, 9.17) is 17.9 Å². The summed E-state index contributed by atoms with van der Waals surface area (Å²) >= 11 is 2.26. The van der Waals surface area contributed by atoms with Gasteiger partial charge in [0.15, 0.2) is 0 Å². The fourth-order valence-corrected chi connectivity index (χ4v) is 10.2. The van der Waals surface area contributed by atoms with Crippen LogP contribution in [0.1, 0.15) is 42.9 Å². The molecule has 0 N–H and O–H groups in total. The van der Waals surface area contributed by atoms with E-state index in [1.807, 2.05) is 118 Å². The zero-order valence-corrected chi connectivity index (χ0v) is 39.2. The Balaban J connectivity index is 1.09. The van der Waals surface area contributed by atoms with Crippen molar-refractivity contribution in [2.24, 2.45) is 0 Å². The first-order valence-electron chi connectivity index (χ1n) is 26.1. The van der Waals surface area contributed by atoms with Crippen LogP contribution in [-0.4, -0.2) is 21.1 Å². The Morgan fingerprint density at radius 1 is 0.582 bits per heavy atom. The van der Waals surface area contributed by atoms with Crippen molar-refractivity contribution in [3.63, 3.8) is 0 Å². The molecule has 6 nitrogen and oxygen atoms in total. The first kappa shape index (κ1) is 33.9. The molecule has 2 aromatic heterocycles. The molecular weight excluding hydrogens is 1000 g/mol. The van der Waals surface area contributed by atoms with Crippen molar-refractivity contribution < 1.29 is 35.1 Å². The molecule has 0 bridgehead atoms. The number of aryl methyl sites for hydroxylation is 1. The van der Waals surface area contributed by atoms with Crippen LogP contribution in [0.25, 0.3) is 44.7 Å². The van der Waals surface area contributed by atoms with Crippen molar-refractivity contribution in [2.75, 3.05) is 9.62 Å². The number of fused-ring (bicyclic) bond motifs is 2. The maximum atomic E-state index is 9.20. The van der Waals surface area contributed by atoms with Gasteiger partial charge in [0.25, 0.3) is 0 Å². The van der Waals surface area contributed by atoms with Gasteiger partial charge in [0.05, 0.1) is 0 Å². The molecule has 0 fully saturated rings. The minimum atomic E-state index is -2.57. The van der Waals surface area contributed by atoms with Crippen LogP contribution in [0, 0.1) is 10.7 Å². The third kappa shape index (κ3) is 7.73. The van der Waals surface area contributed by atoms with Gasteiger partial charge in [0.2, 0.25) is 0 Å². The van der Waals surface area contributed by atoms with Gasteiger partial charge >= 0.3 is 332 Å². The molecule has 0 unspecified atom stereocenters. The van der Waals surface area contributed by atoms with E-state index in [0.717, 1.165) is 50.2 Å². The van der Waals surface area contributed by atoms with Crippen LogP contribution >= 0.6 is 0 Å². The second-order valence-corrected chi connectivity index (χ2v) is 18.4. The van der Waals surface area contributed by atoms with Crippen LogP contribution < -0.4 is 19.8 Å². The quantitative estimate of drug-likeness (QED) is 0.135. The second kappa shape index (κ2) is 17.4. The van der Waals surface area contributed by atoms with E-state index >= 15 is 0 Å². The number of nitrogens with zero attached hydrogens (tertiary/aromatic N) is 5. The van der Waals surface area contributed by atoms with Crippen molar-refractivity contribution in [2.45, 2.75) is 33.0 Å². The van der Waals surface area contributed by atoms with E-state index in [1.54, 1.807) is 30.3 Å². The van der Waals surface area contributed by atoms with Crippen molar-refractivity contribution >= 4 is 46.4 Å². The average molecular weight is 1060 g/mol. The summed E-state index contributed by atoms with van der Waals surface area (Å²) in [6, 6.07) is 59.0. The number of para-hydroxylation sites is 6. The molecule has 3 heterocycles. The average Bonchev–Trinajstić information content (AvgIpc) is 3.92. The molecule has 10 aromatic rings. The monoisotopic (exact) mass is 1060 g/mol. The summed E-state index contributed by atoms with van der Waals surface area (Å²) in [4.78, 5) is 9.60. The zero-order valence-electron chi connectivity index (χ0n) is 44.9. The minimum absolute atomic E-state index is 0.00511. The fourth-order valence-electron chi connectivity index (χ4n) is 9.06. The summed E-state index contributed by atoms with van der Waals surface area (Å²) in [6.45, 7) is 3.55. The van der Waals surface area contributed by atoms with Crippen LogP contribution in [-0.2, 0) is 24.8 Å². The summed E-state index contributed by atoms with van der Waals surface area (Å²) in [5.74, 6) is 0.867. The SMILES string of the molecule is [2H]c1c([2H])c([2H])c(-c2cccc(-c3cccc(C(C)(C)C)c3)c2-n2[c](=[Pt])n(-c3ccc(C([2H])([2H])[2H])c(Oc4cccc(N5B(c6ccccc6)N(c6ccccc6)c6ccccc65)n4)c3)c3ccccc32)c([2H])c1[2H]. The van der Waals surface area contributed by atoms with Gasteiger partial charge < -0.3 is 0 Å². The predicted molar refractivity (Wildman–Crippen MR) is 273 cm³/mol. The Kier molecular flexibility index (Phi) is 8.81. The topological polar surface area (TPSA) is 38.5 Å². The number of anilines is 4. The van der Waals surface area contributed by atoms with Crippen LogP contribution in [0.4, 0.5) is 22.9 Å². The molecule has 0 amide bonds. The standard InChI is InChI=1S/C59H48BN5O.Pt/c1-42-37-38-48(40-55(42)66-57-36-20-35-56(61-57)65-54-34-17-16-33-53(54)64(47-27-12-7-13-28-47)60(65)46-25-10-6-11-26-46)62-41-63(52-32-15-14-31-51(52)62)58-49(43-21-8-5-9-22-43)29-19-30-50(58)44-23-18-24-45(39-44)59(2,3)4;/h5-40H,1-4H3;/i1D3,5D,8D,9D,21D,22D;. The second-order valence-electron chi connectivity index (χ2n) is 17.4. The maximum absolute atomic E-state index is 9.20. The fraction of sp³-hybridized carbons (Fsp3) is 0.0847. The molecule has 0 radical (unpaired) electrons. The number of aromatic nitrogens is 3. The van der Waals surface area contributed by atoms with Gasteiger partial charge in [-0.25, -0.2) is 0 Å². The zero-order chi connectivity index (χ0) is 52.5. The number of hydrogen-bond donors (Lipinski definition) is 0. The first-order chi connectivity index (χ1) is 36.0. The van der Waals surface area contributed by atoms with Crippen LogP contribution in [0.3, 0.4) is 0 Å². The molecule has 1 aliphatic heterocycles. The van der Waals surface area contributed by atoms with Gasteiger partial charge in [-0.2, -0.15) is 0 Å². The van der Waals surface area contributed by atoms with Gasteiger partial charge in [-0.3, -0.25) is 0 Å². The molecular formula is C59H48BN5OPt. The number of hydrogen-bond acceptors (Lipinski definition) is 4. The van der Waals surface area contributed by atoms with Gasteiger partial charge in [0, 0.05) is 5.69 Å². The Morgan fingerprint density at radius 3 is 1.96 bits per heavy atom. The molecule has 67 heavy (non-hydrogen) atoms. The molecule has 8 aromatic carbocycles. The molecule has 0 atom stereocenters. The summed E-state index contributed by atoms with van der Waals surface area (Å²) in [5, 5.41) is 0. The van der Waals surface area contributed by atoms with Crippen LogP contribution in [0.2, 0.25) is 0 Å². The van der Waals surface area contributed by atoms with Crippen LogP contribution in [0.5, 0.6) is 11.6 Å². The Labute approximate surface area is 414 Å². The van der Waals surface area contributed by atoms with E-state index in [2.05, 4.69) is 98.3 Å². The predicted octanol–water partition coefficient (Wildman–Crippen LogP) is 14.3. The molecule has 1 aliphatic rings. The van der Waals surface area contributed by atoms with Gasteiger partial charge in [-0.05, 0) is 18.2 Å². The Bertz CT molecular complexity index is 3890. The van der Waals surface area contributed by atoms with Gasteiger partial charge in [-0.15, -0.1) is 0 Å². The van der Waals surface area contributed by atoms with Crippen molar-refractivity contribution in [3.05, 3.63) is 233 Å². The van der Waals surface area contributed by atoms with Crippen molar-refractivity contribution in [1.82, 2.24) is 14.1 Å². The van der Waals surface area contributed by atoms with Gasteiger partial charge in [0.1, 0.15) is 0 Å². The van der Waals surface area contributed by atoms with E-state index < -0.39 is 25.0 Å². The van der Waals surface area contributed by atoms with E-state index in [1.165, 1.54) is 0 Å². The Morgan fingerprint density at radius 2 is 1.22 bits per heavy atom. The third-order valence-electron chi connectivity index (χ3n) is 12.2. The summed E-state index contributed by atoms with van der Waals surface area (Å²) in [7, 11) is 0. The van der Waals surface area contributed by atoms with E-state index in [0.29, 0.717) is 26.6 Å². The molecule has 0 saturated carbocycles. The van der Waals surface area contributed by atoms with E-state index in [-0.39, 0.29) is 47.2 Å². The number of rotatable bonds is 9. The number of pyridine rings is 1. The molecule has 0 spiro atoms. The van der Waals surface area contributed by atoms with Crippen molar-refractivity contribution in [3.8, 4) is 45.3 Å². The van der Waals surface area contributed by atoms with Gasteiger partial charge in [-0.1, -0.05) is 60.7 Å². The molecule has 0 saturated heterocycles. The molecule has 328 valence electrons. The number of ether oxygens (including phenoxy) is 1. The van der Waals surface area contributed by atoms with Crippen LogP contribution in [0.15, 0.2) is 218 Å². The Hall–Kier alpha value is -7.47. The summed E-state index contributed by atoms with van der Waals surface area (Å²) in [6.07, 6.45) is 0. The third-order valence-corrected chi connectivity index (χ3v) is 13.2. The molecule has 8 heteroatoms. The molecule has 11 rings (SSSR count).